The van der Waals surface area contributed by atoms with Crippen LogP contribution in [0.1, 0.15) is 74.7 Å². The molecule has 0 bridgehead atoms. The van der Waals surface area contributed by atoms with E-state index in [4.69, 9.17) is 9.47 Å². The molecular weight excluding hydrogens is 396 g/mol. The molecule has 0 fully saturated rings. The van der Waals surface area contributed by atoms with Crippen molar-refractivity contribution in [2.45, 2.75) is 64.3 Å². The molecule has 1 unspecified atom stereocenters. The Morgan fingerprint density at radius 1 is 0.906 bits per heavy atom. The minimum Gasteiger partial charge on any atom is -0.493 e. The Labute approximate surface area is 192 Å². The molecule has 2 aromatic carbocycles. The zero-order valence-electron chi connectivity index (χ0n) is 20.0. The molecule has 0 amide bonds. The van der Waals surface area contributed by atoms with Gasteiger partial charge in [-0.3, -0.25) is 4.90 Å². The first-order chi connectivity index (χ1) is 15.8. The lowest BCUT2D eigenvalue weighted by Crippen LogP contribution is -2.36. The molecule has 1 aromatic heterocycles. The molecule has 0 aliphatic carbocycles. The van der Waals surface area contributed by atoms with Crippen molar-refractivity contribution in [2.75, 3.05) is 27.3 Å². The first-order valence-electron chi connectivity index (χ1n) is 12.3. The second-order valence-corrected chi connectivity index (χ2v) is 8.99. The molecule has 32 heavy (non-hydrogen) atoms. The summed E-state index contributed by atoms with van der Waals surface area (Å²) in [5, 5.41) is 1.36. The number of aromatic nitrogens is 1. The van der Waals surface area contributed by atoms with Crippen molar-refractivity contribution in [1.82, 2.24) is 9.88 Å². The summed E-state index contributed by atoms with van der Waals surface area (Å²) < 4.78 is 11.1. The average Bonchev–Trinajstić information content (AvgIpc) is 3.21. The van der Waals surface area contributed by atoms with Gasteiger partial charge in [0.25, 0.3) is 0 Å². The van der Waals surface area contributed by atoms with Crippen molar-refractivity contribution >= 4 is 10.9 Å². The molecule has 0 saturated heterocycles. The maximum absolute atomic E-state index is 5.64. The Hall–Kier alpha value is -2.46. The molecule has 0 radical (unpaired) electrons. The van der Waals surface area contributed by atoms with Gasteiger partial charge in [0.1, 0.15) is 0 Å². The second-order valence-electron chi connectivity index (χ2n) is 8.99. The van der Waals surface area contributed by atoms with Crippen LogP contribution in [0.3, 0.4) is 0 Å². The number of methoxy groups -OCH3 is 2. The summed E-state index contributed by atoms with van der Waals surface area (Å²) in [6.45, 7) is 4.49. The largest absolute Gasteiger partial charge is 0.493 e. The lowest BCUT2D eigenvalue weighted by molar-refractivity contribution is 0.205. The predicted octanol–water partition coefficient (Wildman–Crippen LogP) is 6.88. The molecule has 1 aliphatic rings. The van der Waals surface area contributed by atoms with Gasteiger partial charge in [-0.15, -0.1) is 0 Å². The number of unbranched alkanes of at least 4 members (excludes halogenated alkanes) is 6. The molecule has 1 aliphatic heterocycles. The van der Waals surface area contributed by atoms with Gasteiger partial charge in [0, 0.05) is 23.1 Å². The minimum atomic E-state index is 0.214. The van der Waals surface area contributed by atoms with Gasteiger partial charge in [-0.1, -0.05) is 69.7 Å². The Kier molecular flexibility index (Phi) is 7.75. The maximum atomic E-state index is 5.64. The van der Waals surface area contributed by atoms with Crippen LogP contribution in [0.15, 0.2) is 42.5 Å². The summed E-state index contributed by atoms with van der Waals surface area (Å²) in [5.41, 5.74) is 5.31. The molecule has 0 saturated carbocycles. The fraction of sp³-hybridized carbons (Fsp3) is 0.500. The summed E-state index contributed by atoms with van der Waals surface area (Å²) in [6.07, 6.45) is 10.5. The zero-order valence-corrected chi connectivity index (χ0v) is 20.0. The van der Waals surface area contributed by atoms with Gasteiger partial charge in [0.15, 0.2) is 11.5 Å². The van der Waals surface area contributed by atoms with Crippen molar-refractivity contribution in [3.05, 3.63) is 59.3 Å². The number of rotatable bonds is 11. The average molecular weight is 435 g/mol. The third-order valence-electron chi connectivity index (χ3n) is 6.91. The fourth-order valence-electron chi connectivity index (χ4n) is 5.20. The van der Waals surface area contributed by atoms with Crippen molar-refractivity contribution in [3.8, 4) is 11.5 Å². The fourth-order valence-corrected chi connectivity index (χ4v) is 5.20. The lowest BCUT2D eigenvalue weighted by atomic mass is 9.91. The number of aromatic amines is 1. The van der Waals surface area contributed by atoms with Crippen molar-refractivity contribution in [1.29, 1.82) is 0 Å². The van der Waals surface area contributed by atoms with E-state index in [-0.39, 0.29) is 6.04 Å². The van der Waals surface area contributed by atoms with Crippen molar-refractivity contribution in [2.24, 2.45) is 0 Å². The van der Waals surface area contributed by atoms with Gasteiger partial charge in [0.05, 0.1) is 20.3 Å². The smallest absolute Gasteiger partial charge is 0.161 e. The van der Waals surface area contributed by atoms with E-state index in [0.29, 0.717) is 0 Å². The third-order valence-corrected chi connectivity index (χ3v) is 6.91. The van der Waals surface area contributed by atoms with E-state index in [1.807, 2.05) is 6.07 Å². The summed E-state index contributed by atoms with van der Waals surface area (Å²) in [4.78, 5) is 6.43. The number of nitrogens with one attached hydrogen (secondary N) is 1. The van der Waals surface area contributed by atoms with Crippen LogP contribution >= 0.6 is 0 Å². The second kappa shape index (κ2) is 10.9. The standard InChI is InChI=1S/C28H38N2O2/c1-4-5-6-7-8-9-12-18-30-19-17-23-22-13-10-11-14-24(22)29-27(23)28(30)21-15-16-25(31-2)26(20-21)32-3/h10-11,13-16,20,28-29H,4-9,12,17-19H2,1-3H3. The highest BCUT2D eigenvalue weighted by Gasteiger charge is 2.31. The van der Waals surface area contributed by atoms with E-state index in [0.717, 1.165) is 31.0 Å². The SMILES string of the molecule is CCCCCCCCCN1CCc2c([nH]c3ccccc23)C1c1ccc(OC)c(OC)c1. The van der Waals surface area contributed by atoms with E-state index in [1.54, 1.807) is 14.2 Å². The monoisotopic (exact) mass is 434 g/mol. The summed E-state index contributed by atoms with van der Waals surface area (Å²) >= 11 is 0. The van der Waals surface area contributed by atoms with Gasteiger partial charge in [-0.25, -0.2) is 0 Å². The van der Waals surface area contributed by atoms with E-state index < -0.39 is 0 Å². The molecule has 3 aromatic rings. The highest BCUT2D eigenvalue weighted by Crippen LogP contribution is 2.41. The molecule has 4 heteroatoms. The predicted molar refractivity (Wildman–Crippen MR) is 133 cm³/mol. The molecule has 4 rings (SSSR count). The quantitative estimate of drug-likeness (QED) is 0.334. The number of hydrogen-bond acceptors (Lipinski definition) is 3. The zero-order chi connectivity index (χ0) is 22.3. The van der Waals surface area contributed by atoms with E-state index in [9.17, 15) is 0 Å². The molecule has 172 valence electrons. The minimum absolute atomic E-state index is 0.214. The highest BCUT2D eigenvalue weighted by molar-refractivity contribution is 5.85. The van der Waals surface area contributed by atoms with Crippen LogP contribution in [0, 0.1) is 0 Å². The van der Waals surface area contributed by atoms with Crippen LogP contribution in [0.2, 0.25) is 0 Å². The number of ether oxygens (including phenoxy) is 2. The molecule has 2 heterocycles. The van der Waals surface area contributed by atoms with E-state index in [1.165, 1.54) is 72.7 Å². The number of H-pyrrole nitrogens is 1. The lowest BCUT2D eigenvalue weighted by Gasteiger charge is -2.36. The van der Waals surface area contributed by atoms with Crippen LogP contribution in [-0.4, -0.2) is 37.2 Å². The van der Waals surface area contributed by atoms with Crippen LogP contribution in [0.25, 0.3) is 10.9 Å². The van der Waals surface area contributed by atoms with Crippen LogP contribution < -0.4 is 9.47 Å². The first kappa shape index (κ1) is 22.7. The van der Waals surface area contributed by atoms with Crippen LogP contribution in [0.5, 0.6) is 11.5 Å². The van der Waals surface area contributed by atoms with E-state index in [2.05, 4.69) is 53.2 Å². The normalized spacial score (nSPS) is 16.3. The molecule has 1 N–H and O–H groups in total. The Morgan fingerprint density at radius 3 is 2.44 bits per heavy atom. The Bertz CT molecular complexity index is 1010. The number of nitrogens with zero attached hydrogens (tertiary/aromatic N) is 1. The van der Waals surface area contributed by atoms with Gasteiger partial charge < -0.3 is 14.5 Å². The molecule has 1 atom stereocenters. The number of benzene rings is 2. The molecule has 0 spiro atoms. The van der Waals surface area contributed by atoms with Crippen LogP contribution in [-0.2, 0) is 6.42 Å². The molecule has 4 nitrogen and oxygen atoms in total. The van der Waals surface area contributed by atoms with E-state index >= 15 is 0 Å². The third kappa shape index (κ3) is 4.80. The number of para-hydroxylation sites is 1. The van der Waals surface area contributed by atoms with Gasteiger partial charge in [0.2, 0.25) is 0 Å². The maximum Gasteiger partial charge on any atom is 0.161 e. The first-order valence-corrected chi connectivity index (χ1v) is 12.3. The van der Waals surface area contributed by atoms with Crippen molar-refractivity contribution < 1.29 is 9.47 Å². The van der Waals surface area contributed by atoms with Crippen LogP contribution in [0.4, 0.5) is 0 Å². The summed E-state index contributed by atoms with van der Waals surface area (Å²) in [5.74, 6) is 1.58. The summed E-state index contributed by atoms with van der Waals surface area (Å²) in [7, 11) is 3.41. The topological polar surface area (TPSA) is 37.5 Å². The number of fused-ring (bicyclic) bond motifs is 3. The van der Waals surface area contributed by atoms with Crippen molar-refractivity contribution in [3.63, 3.8) is 0 Å². The Morgan fingerprint density at radius 2 is 1.66 bits per heavy atom. The van der Waals surface area contributed by atoms with Gasteiger partial charge in [-0.2, -0.15) is 0 Å². The van der Waals surface area contributed by atoms with Gasteiger partial charge in [-0.05, 0) is 48.7 Å². The van der Waals surface area contributed by atoms with Gasteiger partial charge >= 0.3 is 0 Å². The number of hydrogen-bond donors (Lipinski definition) is 1. The summed E-state index contributed by atoms with van der Waals surface area (Å²) in [6, 6.07) is 15.3. The molecular formula is C28H38N2O2. The Balaban J connectivity index is 1.59. The highest BCUT2D eigenvalue weighted by atomic mass is 16.5.